The van der Waals surface area contributed by atoms with Crippen molar-refractivity contribution in [1.82, 2.24) is 9.80 Å². The molecule has 1 atom stereocenters. The SMILES string of the molecule is COc1ccc(C(=O)N2CCC(N3C(=O)OCC3C(C)C)CC2)cc1Br. The lowest BCUT2D eigenvalue weighted by Crippen LogP contribution is -2.50. The number of carbonyl (C=O) groups is 2. The number of nitrogens with zero attached hydrogens (tertiary/aromatic N) is 2. The summed E-state index contributed by atoms with van der Waals surface area (Å²) in [6.07, 6.45) is 1.34. The molecule has 0 aliphatic carbocycles. The van der Waals surface area contributed by atoms with Crippen LogP contribution in [0.4, 0.5) is 4.79 Å². The van der Waals surface area contributed by atoms with Crippen LogP contribution in [-0.2, 0) is 4.74 Å². The summed E-state index contributed by atoms with van der Waals surface area (Å²) in [6, 6.07) is 5.64. The first-order valence-corrected chi connectivity index (χ1v) is 9.79. The van der Waals surface area contributed by atoms with Gasteiger partial charge in [0.25, 0.3) is 5.91 Å². The minimum Gasteiger partial charge on any atom is -0.496 e. The number of halogens is 1. The number of amides is 2. The van der Waals surface area contributed by atoms with Crippen molar-refractivity contribution in [3.05, 3.63) is 28.2 Å². The second kappa shape index (κ2) is 7.86. The van der Waals surface area contributed by atoms with Crippen molar-refractivity contribution in [2.24, 2.45) is 5.92 Å². The summed E-state index contributed by atoms with van der Waals surface area (Å²) in [6.45, 7) is 5.97. The van der Waals surface area contributed by atoms with Crippen molar-refractivity contribution in [2.75, 3.05) is 26.8 Å². The van der Waals surface area contributed by atoms with Gasteiger partial charge in [-0.2, -0.15) is 0 Å². The molecule has 0 N–H and O–H groups in total. The van der Waals surface area contributed by atoms with E-state index < -0.39 is 0 Å². The van der Waals surface area contributed by atoms with Crippen molar-refractivity contribution in [2.45, 2.75) is 38.8 Å². The predicted molar refractivity (Wildman–Crippen MR) is 101 cm³/mol. The highest BCUT2D eigenvalue weighted by Gasteiger charge is 2.41. The van der Waals surface area contributed by atoms with Gasteiger partial charge in [0.2, 0.25) is 0 Å². The molecule has 1 aromatic carbocycles. The molecule has 1 unspecified atom stereocenters. The van der Waals surface area contributed by atoms with Crippen molar-refractivity contribution in [3.8, 4) is 5.75 Å². The molecular weight excluding hydrogens is 400 g/mol. The van der Waals surface area contributed by atoms with Gasteiger partial charge >= 0.3 is 6.09 Å². The van der Waals surface area contributed by atoms with Gasteiger partial charge in [0.05, 0.1) is 17.6 Å². The van der Waals surface area contributed by atoms with E-state index in [1.54, 1.807) is 25.3 Å². The van der Waals surface area contributed by atoms with E-state index in [0.717, 1.165) is 17.3 Å². The van der Waals surface area contributed by atoms with Gasteiger partial charge in [-0.25, -0.2) is 4.79 Å². The maximum absolute atomic E-state index is 12.8. The van der Waals surface area contributed by atoms with E-state index in [9.17, 15) is 9.59 Å². The fourth-order valence-corrected chi connectivity index (χ4v) is 4.25. The molecule has 0 bridgehead atoms. The van der Waals surface area contributed by atoms with Crippen molar-refractivity contribution < 1.29 is 19.1 Å². The zero-order chi connectivity index (χ0) is 18.8. The molecule has 7 heteroatoms. The molecule has 2 saturated heterocycles. The number of hydrogen-bond donors (Lipinski definition) is 0. The van der Waals surface area contributed by atoms with Gasteiger partial charge in [-0.3, -0.25) is 9.69 Å². The smallest absolute Gasteiger partial charge is 0.410 e. The molecule has 3 rings (SSSR count). The van der Waals surface area contributed by atoms with E-state index >= 15 is 0 Å². The summed E-state index contributed by atoms with van der Waals surface area (Å²) in [7, 11) is 1.60. The third-order valence-electron chi connectivity index (χ3n) is 5.26. The van der Waals surface area contributed by atoms with Crippen LogP contribution in [0.1, 0.15) is 37.0 Å². The Kier molecular flexibility index (Phi) is 5.75. The number of cyclic esters (lactones) is 1. The van der Waals surface area contributed by atoms with Gasteiger partial charge in [0.1, 0.15) is 12.4 Å². The van der Waals surface area contributed by atoms with E-state index in [-0.39, 0.29) is 24.1 Å². The first-order valence-electron chi connectivity index (χ1n) is 9.00. The number of benzene rings is 1. The predicted octanol–water partition coefficient (Wildman–Crippen LogP) is 3.54. The molecule has 26 heavy (non-hydrogen) atoms. The molecule has 0 aromatic heterocycles. The molecule has 0 spiro atoms. The lowest BCUT2D eigenvalue weighted by molar-refractivity contribution is 0.0619. The summed E-state index contributed by atoms with van der Waals surface area (Å²) in [4.78, 5) is 28.7. The summed E-state index contributed by atoms with van der Waals surface area (Å²) in [5, 5.41) is 0. The lowest BCUT2D eigenvalue weighted by atomic mass is 9.97. The van der Waals surface area contributed by atoms with E-state index in [0.29, 0.717) is 36.9 Å². The zero-order valence-corrected chi connectivity index (χ0v) is 17.0. The van der Waals surface area contributed by atoms with E-state index in [2.05, 4.69) is 29.8 Å². The molecule has 2 aliphatic rings. The summed E-state index contributed by atoms with van der Waals surface area (Å²) >= 11 is 3.43. The number of rotatable bonds is 4. The summed E-state index contributed by atoms with van der Waals surface area (Å²) in [5.41, 5.74) is 0.636. The van der Waals surface area contributed by atoms with Crippen LogP contribution < -0.4 is 4.74 Å². The van der Waals surface area contributed by atoms with Gasteiger partial charge in [0.15, 0.2) is 0 Å². The van der Waals surface area contributed by atoms with Crippen molar-refractivity contribution in [3.63, 3.8) is 0 Å². The first kappa shape index (κ1) is 19.0. The average molecular weight is 425 g/mol. The van der Waals surface area contributed by atoms with Crippen LogP contribution in [0, 0.1) is 5.92 Å². The molecule has 142 valence electrons. The van der Waals surface area contributed by atoms with Crippen LogP contribution in [0.25, 0.3) is 0 Å². The maximum Gasteiger partial charge on any atom is 0.410 e. The highest BCUT2D eigenvalue weighted by Crippen LogP contribution is 2.29. The Hall–Kier alpha value is -1.76. The second-order valence-electron chi connectivity index (χ2n) is 7.17. The minimum atomic E-state index is -0.215. The average Bonchev–Trinajstić information content (AvgIpc) is 3.03. The number of piperidine rings is 1. The normalized spacial score (nSPS) is 21.3. The maximum atomic E-state index is 12.8. The molecule has 2 aliphatic heterocycles. The van der Waals surface area contributed by atoms with Gasteiger partial charge in [0, 0.05) is 24.7 Å². The van der Waals surface area contributed by atoms with Crippen LogP contribution in [0.3, 0.4) is 0 Å². The molecule has 2 fully saturated rings. The lowest BCUT2D eigenvalue weighted by Gasteiger charge is -2.38. The highest BCUT2D eigenvalue weighted by molar-refractivity contribution is 9.10. The summed E-state index contributed by atoms with van der Waals surface area (Å²) in [5.74, 6) is 1.07. The third kappa shape index (κ3) is 3.68. The van der Waals surface area contributed by atoms with Gasteiger partial charge in [-0.05, 0) is 52.9 Å². The molecule has 2 heterocycles. The second-order valence-corrected chi connectivity index (χ2v) is 8.02. The highest BCUT2D eigenvalue weighted by atomic mass is 79.9. The number of likely N-dealkylation sites (tertiary alicyclic amines) is 1. The van der Waals surface area contributed by atoms with E-state index in [4.69, 9.17) is 9.47 Å². The van der Waals surface area contributed by atoms with Crippen LogP contribution in [0.5, 0.6) is 5.75 Å². The number of carbonyl (C=O) groups excluding carboxylic acids is 2. The molecule has 2 amide bonds. The summed E-state index contributed by atoms with van der Waals surface area (Å²) < 4.78 is 11.2. The number of ether oxygens (including phenoxy) is 2. The third-order valence-corrected chi connectivity index (χ3v) is 5.88. The van der Waals surface area contributed by atoms with Gasteiger partial charge < -0.3 is 14.4 Å². The Labute approximate surface area is 162 Å². The molecular formula is C19H25BrN2O4. The quantitative estimate of drug-likeness (QED) is 0.741. The van der Waals surface area contributed by atoms with E-state index in [1.807, 2.05) is 9.80 Å². The monoisotopic (exact) mass is 424 g/mol. The van der Waals surface area contributed by atoms with Crippen LogP contribution in [0.2, 0.25) is 0 Å². The fourth-order valence-electron chi connectivity index (χ4n) is 3.71. The Morgan fingerprint density at radius 2 is 2.00 bits per heavy atom. The molecule has 0 radical (unpaired) electrons. The molecule has 6 nitrogen and oxygen atoms in total. The topological polar surface area (TPSA) is 59.1 Å². The van der Waals surface area contributed by atoms with Gasteiger partial charge in [-0.15, -0.1) is 0 Å². The minimum absolute atomic E-state index is 0.0104. The Morgan fingerprint density at radius 1 is 1.31 bits per heavy atom. The fraction of sp³-hybridized carbons (Fsp3) is 0.579. The standard InChI is InChI=1S/C19H25BrN2O4/c1-12(2)16-11-26-19(24)22(16)14-6-8-21(9-7-14)18(23)13-4-5-17(25-3)15(20)10-13/h4-5,10,12,14,16H,6-9,11H2,1-3H3. The Morgan fingerprint density at radius 3 is 2.58 bits per heavy atom. The Bertz CT molecular complexity index is 686. The van der Waals surface area contributed by atoms with Gasteiger partial charge in [-0.1, -0.05) is 13.8 Å². The largest absolute Gasteiger partial charge is 0.496 e. The molecule has 1 aromatic rings. The zero-order valence-electron chi connectivity index (χ0n) is 15.4. The number of methoxy groups -OCH3 is 1. The molecule has 0 saturated carbocycles. The van der Waals surface area contributed by atoms with E-state index in [1.165, 1.54) is 0 Å². The first-order chi connectivity index (χ1) is 12.4. The van der Waals surface area contributed by atoms with Crippen LogP contribution >= 0.6 is 15.9 Å². The van der Waals surface area contributed by atoms with Crippen LogP contribution in [-0.4, -0.2) is 60.7 Å². The number of hydrogen-bond acceptors (Lipinski definition) is 4. The van der Waals surface area contributed by atoms with Crippen molar-refractivity contribution in [1.29, 1.82) is 0 Å². The Balaban J connectivity index is 1.64. The van der Waals surface area contributed by atoms with Crippen LogP contribution in [0.15, 0.2) is 22.7 Å². The van der Waals surface area contributed by atoms with Crippen molar-refractivity contribution >= 4 is 27.9 Å².